The van der Waals surface area contributed by atoms with Gasteiger partial charge in [0.25, 0.3) is 5.78 Å². The van der Waals surface area contributed by atoms with E-state index in [1.54, 1.807) is 4.40 Å². The van der Waals surface area contributed by atoms with Crippen LogP contribution in [0.15, 0.2) is 5.16 Å². The third-order valence-corrected chi connectivity index (χ3v) is 6.71. The van der Waals surface area contributed by atoms with Crippen LogP contribution in [0, 0.1) is 5.92 Å². The molecule has 0 radical (unpaired) electrons. The maximum Gasteiger partial charge on any atom is 0.261 e. The van der Waals surface area contributed by atoms with Crippen LogP contribution in [0.3, 0.4) is 0 Å². The van der Waals surface area contributed by atoms with E-state index in [0.29, 0.717) is 48.4 Å². The number of carbonyl (C=O) groups excluding carboxylic acids is 1. The fraction of sp³-hybridized carbons (Fsp3) is 0.750. The minimum Gasteiger partial charge on any atom is -0.381 e. The fourth-order valence-corrected chi connectivity index (χ4v) is 4.91. The van der Waals surface area contributed by atoms with E-state index in [9.17, 15) is 4.79 Å². The quantitative estimate of drug-likeness (QED) is 0.385. The Morgan fingerprint density at radius 1 is 1.12 bits per heavy atom. The maximum absolute atomic E-state index is 12.7. The second-order valence-electron chi connectivity index (χ2n) is 7.98. The second kappa shape index (κ2) is 11.8. The van der Waals surface area contributed by atoms with Crippen molar-refractivity contribution in [3.63, 3.8) is 0 Å². The van der Waals surface area contributed by atoms with Crippen LogP contribution in [0.25, 0.3) is 5.78 Å². The Hall–Kier alpha value is -2.22. The van der Waals surface area contributed by atoms with Crippen molar-refractivity contribution < 1.29 is 14.3 Å². The topological polar surface area (TPSA) is 131 Å². The Bertz CT molecular complexity index is 916. The molecular weight excluding hydrogens is 446 g/mol. The Morgan fingerprint density at radius 3 is 2.67 bits per heavy atom. The summed E-state index contributed by atoms with van der Waals surface area (Å²) >= 11 is 1.32. The molecule has 2 aliphatic heterocycles. The minimum atomic E-state index is -0.0379. The van der Waals surface area contributed by atoms with Gasteiger partial charge < -0.3 is 25.4 Å². The van der Waals surface area contributed by atoms with Crippen LogP contribution >= 0.6 is 11.8 Å². The molecule has 0 bridgehead atoms. The molecule has 2 saturated heterocycles. The van der Waals surface area contributed by atoms with Crippen LogP contribution in [-0.4, -0.2) is 106 Å². The molecule has 2 aromatic heterocycles. The number of thioether (sulfide) groups is 1. The van der Waals surface area contributed by atoms with Crippen LogP contribution in [0.5, 0.6) is 0 Å². The Balaban J connectivity index is 1.37. The first-order valence-electron chi connectivity index (χ1n) is 11.6. The number of amides is 1. The van der Waals surface area contributed by atoms with Crippen molar-refractivity contribution in [2.45, 2.75) is 31.5 Å². The van der Waals surface area contributed by atoms with Crippen molar-refractivity contribution in [1.82, 2.24) is 34.8 Å². The molecule has 182 valence electrons. The number of nitrogens with zero attached hydrogens (tertiary/aromatic N) is 6. The molecule has 2 aromatic rings. The highest BCUT2D eigenvalue weighted by Gasteiger charge is 2.31. The van der Waals surface area contributed by atoms with Gasteiger partial charge in [0.15, 0.2) is 5.16 Å². The van der Waals surface area contributed by atoms with E-state index < -0.39 is 0 Å². The van der Waals surface area contributed by atoms with Gasteiger partial charge in [-0.05, 0) is 20.3 Å². The first-order valence-corrected chi connectivity index (χ1v) is 12.6. The van der Waals surface area contributed by atoms with Gasteiger partial charge in [0.05, 0.1) is 25.6 Å². The first kappa shape index (κ1) is 23.9. The maximum atomic E-state index is 12.7. The molecule has 3 N–H and O–H groups in total. The summed E-state index contributed by atoms with van der Waals surface area (Å²) in [4.78, 5) is 24.0. The highest BCUT2D eigenvalue weighted by molar-refractivity contribution is 7.99. The lowest BCUT2D eigenvalue weighted by Gasteiger charge is -2.37. The van der Waals surface area contributed by atoms with Crippen LogP contribution < -0.4 is 16.0 Å². The number of carbonyl (C=O) groups is 1. The third-order valence-electron chi connectivity index (χ3n) is 5.78. The predicted molar refractivity (Wildman–Crippen MR) is 126 cm³/mol. The summed E-state index contributed by atoms with van der Waals surface area (Å²) in [6.45, 7) is 10.8. The van der Waals surface area contributed by atoms with Gasteiger partial charge in [-0.3, -0.25) is 9.69 Å². The lowest BCUT2D eigenvalue weighted by Crippen LogP contribution is -2.52. The normalized spacial score (nSPS) is 20.1. The number of hydrogen-bond donors (Lipinski definition) is 3. The summed E-state index contributed by atoms with van der Waals surface area (Å²) in [5, 5.41) is 18.4. The molecule has 4 rings (SSSR count). The summed E-state index contributed by atoms with van der Waals surface area (Å²) in [5.41, 5.74) is 0. The van der Waals surface area contributed by atoms with E-state index in [2.05, 4.69) is 41.0 Å². The van der Waals surface area contributed by atoms with E-state index in [-0.39, 0.29) is 17.7 Å². The highest BCUT2D eigenvalue weighted by atomic mass is 32.2. The van der Waals surface area contributed by atoms with Crippen molar-refractivity contribution in [3.05, 3.63) is 0 Å². The summed E-state index contributed by atoms with van der Waals surface area (Å²) in [6, 6.07) is 0.262. The number of nitrogens with one attached hydrogen (secondary N) is 3. The molecule has 12 nitrogen and oxygen atoms in total. The van der Waals surface area contributed by atoms with Gasteiger partial charge in [-0.2, -0.15) is 9.97 Å². The van der Waals surface area contributed by atoms with E-state index in [1.165, 1.54) is 11.8 Å². The highest BCUT2D eigenvalue weighted by Crippen LogP contribution is 2.23. The predicted octanol–water partition coefficient (Wildman–Crippen LogP) is 0.329. The molecular formula is C20H33N9O3S. The van der Waals surface area contributed by atoms with Crippen LogP contribution in [0.4, 0.5) is 11.9 Å². The van der Waals surface area contributed by atoms with Gasteiger partial charge in [-0.25, -0.2) is 4.40 Å². The van der Waals surface area contributed by atoms with Crippen LogP contribution in [-0.2, 0) is 14.3 Å². The number of morpholine rings is 1. The standard InChI is InChI=1S/C20H33N9O3S/c1-3-21-17-24-18(22-4-2)29-19(25-17)26-27-20(29)33-13-16(30)23-11-15(14-5-8-32-12-14)28-6-9-31-10-7-28/h14-15H,3-13H2,1-2H3,(H,23,30)(H2,21,22,24,25,26). The average Bonchev–Trinajstić information content (AvgIpc) is 3.50. The third kappa shape index (κ3) is 6.02. The molecule has 33 heavy (non-hydrogen) atoms. The molecule has 2 fully saturated rings. The molecule has 0 aliphatic carbocycles. The zero-order valence-corrected chi connectivity index (χ0v) is 20.1. The lowest BCUT2D eigenvalue weighted by atomic mass is 9.97. The number of aromatic nitrogens is 5. The summed E-state index contributed by atoms with van der Waals surface area (Å²) < 4.78 is 12.9. The summed E-state index contributed by atoms with van der Waals surface area (Å²) in [6.07, 6.45) is 1.03. The van der Waals surface area contributed by atoms with Gasteiger partial charge in [-0.15, -0.1) is 10.2 Å². The van der Waals surface area contributed by atoms with E-state index in [4.69, 9.17) is 9.47 Å². The first-order chi connectivity index (χ1) is 16.2. The zero-order chi connectivity index (χ0) is 23.0. The van der Waals surface area contributed by atoms with Gasteiger partial charge in [0, 0.05) is 51.3 Å². The Morgan fingerprint density at radius 2 is 1.94 bits per heavy atom. The molecule has 2 aliphatic rings. The number of rotatable bonds is 11. The van der Waals surface area contributed by atoms with Crippen LogP contribution in [0.1, 0.15) is 20.3 Å². The number of ether oxygens (including phenoxy) is 2. The van der Waals surface area contributed by atoms with Gasteiger partial charge in [0.1, 0.15) is 0 Å². The van der Waals surface area contributed by atoms with Crippen LogP contribution in [0.2, 0.25) is 0 Å². The van der Waals surface area contributed by atoms with Crippen molar-refractivity contribution in [1.29, 1.82) is 0 Å². The van der Waals surface area contributed by atoms with Crippen molar-refractivity contribution >= 4 is 35.3 Å². The molecule has 0 saturated carbocycles. The van der Waals surface area contributed by atoms with Crippen molar-refractivity contribution in [2.24, 2.45) is 5.92 Å². The average molecular weight is 480 g/mol. The van der Waals surface area contributed by atoms with Gasteiger partial charge in [-0.1, -0.05) is 11.8 Å². The van der Waals surface area contributed by atoms with E-state index in [0.717, 1.165) is 45.9 Å². The monoisotopic (exact) mass is 479 g/mol. The van der Waals surface area contributed by atoms with E-state index >= 15 is 0 Å². The molecule has 13 heteroatoms. The van der Waals surface area contributed by atoms with Crippen molar-refractivity contribution in [2.75, 3.05) is 75.5 Å². The molecule has 0 spiro atoms. The van der Waals surface area contributed by atoms with Crippen molar-refractivity contribution in [3.8, 4) is 0 Å². The molecule has 2 atom stereocenters. The van der Waals surface area contributed by atoms with Gasteiger partial charge >= 0.3 is 0 Å². The SMILES string of the molecule is CCNc1nc(NCC)n2c(SCC(=O)NCC(C3CCOC3)N3CCOCC3)nnc2n1. The molecule has 1 amide bonds. The van der Waals surface area contributed by atoms with Gasteiger partial charge in [0.2, 0.25) is 17.8 Å². The number of anilines is 2. The minimum absolute atomic E-state index is 0.0379. The number of fused-ring (bicyclic) bond motifs is 1. The fourth-order valence-electron chi connectivity index (χ4n) is 4.16. The molecule has 2 unspecified atom stereocenters. The summed E-state index contributed by atoms with van der Waals surface area (Å²) in [7, 11) is 0. The lowest BCUT2D eigenvalue weighted by molar-refractivity contribution is -0.119. The zero-order valence-electron chi connectivity index (χ0n) is 19.2. The molecule has 0 aromatic carbocycles. The summed E-state index contributed by atoms with van der Waals surface area (Å²) in [5.74, 6) is 2.16. The Kier molecular flexibility index (Phi) is 8.53. The van der Waals surface area contributed by atoms with E-state index in [1.807, 2.05) is 13.8 Å². The Labute approximate surface area is 197 Å². The smallest absolute Gasteiger partial charge is 0.261 e. The molecule has 4 heterocycles. The second-order valence-corrected chi connectivity index (χ2v) is 8.92. The largest absolute Gasteiger partial charge is 0.381 e. The number of hydrogen-bond acceptors (Lipinski definition) is 11.